The fourth-order valence-electron chi connectivity index (χ4n) is 3.67. The maximum atomic E-state index is 12.9. The van der Waals surface area contributed by atoms with Crippen molar-refractivity contribution in [2.24, 2.45) is 11.3 Å². The average Bonchev–Trinajstić information content (AvgIpc) is 3.05. The quantitative estimate of drug-likeness (QED) is 0.918. The molecule has 4 nitrogen and oxygen atoms in total. The van der Waals surface area contributed by atoms with E-state index in [-0.39, 0.29) is 12.5 Å². The summed E-state index contributed by atoms with van der Waals surface area (Å²) in [5.74, 6) is 0.595. The van der Waals surface area contributed by atoms with E-state index in [0.717, 1.165) is 31.0 Å². The molecule has 0 bridgehead atoms. The predicted molar refractivity (Wildman–Crippen MR) is 89.4 cm³/mol. The molecule has 1 atom stereocenters. The van der Waals surface area contributed by atoms with E-state index < -0.39 is 5.41 Å². The van der Waals surface area contributed by atoms with E-state index in [1.165, 1.54) is 5.56 Å². The summed E-state index contributed by atoms with van der Waals surface area (Å²) in [5.41, 5.74) is 0.643. The normalized spacial score (nSPS) is 23.9. The number of ether oxygens (including phenoxy) is 1. The Labute approximate surface area is 142 Å². The molecule has 2 aliphatic heterocycles. The molecule has 0 aromatic heterocycles. The predicted octanol–water partition coefficient (Wildman–Crippen LogP) is 2.52. The van der Waals surface area contributed by atoms with Crippen molar-refractivity contribution in [2.75, 3.05) is 32.9 Å². The van der Waals surface area contributed by atoms with Crippen molar-refractivity contribution >= 4 is 17.5 Å². The molecule has 1 aromatic carbocycles. The van der Waals surface area contributed by atoms with Crippen LogP contribution in [0.1, 0.15) is 24.8 Å². The van der Waals surface area contributed by atoms with Crippen molar-refractivity contribution in [3.05, 3.63) is 34.9 Å². The number of carbonyl (C=O) groups is 1. The van der Waals surface area contributed by atoms with Crippen LogP contribution in [0.3, 0.4) is 0 Å². The lowest BCUT2D eigenvalue weighted by atomic mass is 9.79. The average molecular weight is 338 g/mol. The number of aliphatic hydroxyl groups is 1. The minimum absolute atomic E-state index is 0.0758. The summed E-state index contributed by atoms with van der Waals surface area (Å²) in [7, 11) is 0. The fourth-order valence-corrected chi connectivity index (χ4v) is 3.80. The Morgan fingerprint density at radius 2 is 2.00 bits per heavy atom. The summed E-state index contributed by atoms with van der Waals surface area (Å²) in [5, 5.41) is 10.5. The minimum atomic E-state index is -0.618. The topological polar surface area (TPSA) is 49.8 Å². The van der Waals surface area contributed by atoms with E-state index in [1.54, 1.807) is 0 Å². The molecule has 1 amide bonds. The Morgan fingerprint density at radius 3 is 2.65 bits per heavy atom. The highest BCUT2D eigenvalue weighted by Gasteiger charge is 2.43. The molecule has 126 valence electrons. The van der Waals surface area contributed by atoms with Gasteiger partial charge in [0.25, 0.3) is 0 Å². The summed E-state index contributed by atoms with van der Waals surface area (Å²) >= 11 is 5.92. The second kappa shape index (κ2) is 7.20. The number of carbonyl (C=O) groups excluding carboxylic acids is 1. The molecular weight excluding hydrogens is 314 g/mol. The van der Waals surface area contributed by atoms with Gasteiger partial charge < -0.3 is 14.7 Å². The van der Waals surface area contributed by atoms with Crippen molar-refractivity contribution in [3.63, 3.8) is 0 Å². The lowest BCUT2D eigenvalue weighted by molar-refractivity contribution is -0.150. The van der Waals surface area contributed by atoms with Gasteiger partial charge in [0.05, 0.1) is 12.0 Å². The van der Waals surface area contributed by atoms with Crippen LogP contribution in [0.15, 0.2) is 24.3 Å². The number of likely N-dealkylation sites (tertiary alicyclic amines) is 1. The van der Waals surface area contributed by atoms with Gasteiger partial charge in [0, 0.05) is 31.3 Å². The largest absolute Gasteiger partial charge is 0.395 e. The molecule has 1 N–H and O–H groups in total. The van der Waals surface area contributed by atoms with Crippen LogP contribution in [-0.2, 0) is 16.0 Å². The zero-order chi connectivity index (χ0) is 16.3. The number of amides is 1. The van der Waals surface area contributed by atoms with Gasteiger partial charge in [0.15, 0.2) is 0 Å². The van der Waals surface area contributed by atoms with Crippen LogP contribution in [0, 0.1) is 11.3 Å². The van der Waals surface area contributed by atoms with Crippen molar-refractivity contribution in [1.29, 1.82) is 0 Å². The van der Waals surface area contributed by atoms with Crippen molar-refractivity contribution in [3.8, 4) is 0 Å². The number of benzene rings is 1. The number of halogens is 1. The SMILES string of the molecule is O=C(N1CCC(Cc2ccc(Cl)cc2)C1)C1(CO)CCOCC1. The molecule has 0 radical (unpaired) electrons. The summed E-state index contributed by atoms with van der Waals surface area (Å²) in [6, 6.07) is 7.94. The first kappa shape index (κ1) is 16.7. The molecule has 0 saturated carbocycles. The van der Waals surface area contributed by atoms with Crippen molar-refractivity contribution in [1.82, 2.24) is 4.90 Å². The van der Waals surface area contributed by atoms with E-state index in [1.807, 2.05) is 17.0 Å². The minimum Gasteiger partial charge on any atom is -0.395 e. The zero-order valence-electron chi connectivity index (χ0n) is 13.3. The van der Waals surface area contributed by atoms with Crippen LogP contribution < -0.4 is 0 Å². The van der Waals surface area contributed by atoms with E-state index in [2.05, 4.69) is 12.1 Å². The second-order valence-corrected chi connectivity index (χ2v) is 7.22. The Bertz CT molecular complexity index is 540. The van der Waals surface area contributed by atoms with Crippen LogP contribution in [0.5, 0.6) is 0 Å². The molecule has 3 rings (SSSR count). The van der Waals surface area contributed by atoms with Crippen LogP contribution in [0.25, 0.3) is 0 Å². The number of hydrogen-bond donors (Lipinski definition) is 1. The maximum absolute atomic E-state index is 12.9. The zero-order valence-corrected chi connectivity index (χ0v) is 14.1. The Balaban J connectivity index is 1.60. The van der Waals surface area contributed by atoms with Gasteiger partial charge in [-0.15, -0.1) is 0 Å². The Kier molecular flexibility index (Phi) is 5.24. The van der Waals surface area contributed by atoms with Gasteiger partial charge in [-0.05, 0) is 49.3 Å². The molecule has 5 heteroatoms. The molecule has 23 heavy (non-hydrogen) atoms. The first-order valence-corrected chi connectivity index (χ1v) is 8.73. The maximum Gasteiger partial charge on any atom is 0.231 e. The molecular formula is C18H24ClNO3. The van der Waals surface area contributed by atoms with Gasteiger partial charge >= 0.3 is 0 Å². The van der Waals surface area contributed by atoms with Crippen molar-refractivity contribution < 1.29 is 14.6 Å². The molecule has 2 aliphatic rings. The summed E-state index contributed by atoms with van der Waals surface area (Å²) in [6.45, 7) is 2.62. The van der Waals surface area contributed by atoms with Crippen LogP contribution in [0.2, 0.25) is 5.02 Å². The molecule has 1 unspecified atom stereocenters. The molecule has 0 aliphatic carbocycles. The van der Waals surface area contributed by atoms with Gasteiger partial charge in [-0.25, -0.2) is 0 Å². The highest BCUT2D eigenvalue weighted by molar-refractivity contribution is 6.30. The molecule has 2 saturated heterocycles. The smallest absolute Gasteiger partial charge is 0.231 e. The third-order valence-corrected chi connectivity index (χ3v) is 5.47. The van der Waals surface area contributed by atoms with Crippen molar-refractivity contribution in [2.45, 2.75) is 25.7 Å². The Hall–Kier alpha value is -1.10. The molecule has 2 heterocycles. The number of nitrogens with zero attached hydrogens (tertiary/aromatic N) is 1. The lowest BCUT2D eigenvalue weighted by Crippen LogP contribution is -2.48. The first-order chi connectivity index (χ1) is 11.1. The summed E-state index contributed by atoms with van der Waals surface area (Å²) in [6.07, 6.45) is 3.24. The number of rotatable bonds is 4. The van der Waals surface area contributed by atoms with Gasteiger partial charge in [-0.1, -0.05) is 23.7 Å². The lowest BCUT2D eigenvalue weighted by Gasteiger charge is -2.37. The molecule has 2 fully saturated rings. The number of hydrogen-bond acceptors (Lipinski definition) is 3. The van der Waals surface area contributed by atoms with Crippen LogP contribution in [0.4, 0.5) is 0 Å². The van der Waals surface area contributed by atoms with E-state index in [0.29, 0.717) is 32.0 Å². The van der Waals surface area contributed by atoms with Gasteiger partial charge in [0.2, 0.25) is 5.91 Å². The highest BCUT2D eigenvalue weighted by Crippen LogP contribution is 2.34. The monoisotopic (exact) mass is 337 g/mol. The van der Waals surface area contributed by atoms with Crippen LogP contribution >= 0.6 is 11.6 Å². The van der Waals surface area contributed by atoms with Gasteiger partial charge in [-0.3, -0.25) is 4.79 Å². The Morgan fingerprint density at radius 1 is 1.30 bits per heavy atom. The summed E-state index contributed by atoms with van der Waals surface area (Å²) < 4.78 is 5.36. The third kappa shape index (κ3) is 3.70. The highest BCUT2D eigenvalue weighted by atomic mass is 35.5. The fraction of sp³-hybridized carbons (Fsp3) is 0.611. The van der Waals surface area contributed by atoms with E-state index >= 15 is 0 Å². The molecule has 1 aromatic rings. The standard InChI is InChI=1S/C18H24ClNO3/c19-16-3-1-14(2-4-16)11-15-5-8-20(12-15)17(22)18(13-21)6-9-23-10-7-18/h1-4,15,21H,5-13H2. The van der Waals surface area contributed by atoms with Gasteiger partial charge in [-0.2, -0.15) is 0 Å². The second-order valence-electron chi connectivity index (χ2n) is 6.79. The molecule has 0 spiro atoms. The van der Waals surface area contributed by atoms with Crippen LogP contribution in [-0.4, -0.2) is 48.8 Å². The van der Waals surface area contributed by atoms with Gasteiger partial charge in [0.1, 0.15) is 0 Å². The summed E-state index contributed by atoms with van der Waals surface area (Å²) in [4.78, 5) is 14.8. The third-order valence-electron chi connectivity index (χ3n) is 5.22. The number of aliphatic hydroxyl groups excluding tert-OH is 1. The van der Waals surface area contributed by atoms with E-state index in [4.69, 9.17) is 16.3 Å². The van der Waals surface area contributed by atoms with E-state index in [9.17, 15) is 9.90 Å². The first-order valence-electron chi connectivity index (χ1n) is 8.35.